The lowest BCUT2D eigenvalue weighted by Crippen LogP contribution is -2.19. The average molecular weight is 280 g/mol. The third-order valence-corrected chi connectivity index (χ3v) is 5.05. The number of hydrogen-bond acceptors (Lipinski definition) is 3. The zero-order valence-electron chi connectivity index (χ0n) is 12.2. The summed E-state index contributed by atoms with van der Waals surface area (Å²) in [5.74, 6) is 0.155. The van der Waals surface area contributed by atoms with Crippen molar-refractivity contribution < 1.29 is 4.39 Å². The third kappa shape index (κ3) is 2.38. The van der Waals surface area contributed by atoms with Crippen LogP contribution in [0.3, 0.4) is 0 Å². The first-order valence-corrected chi connectivity index (χ1v) is 7.74. The van der Waals surface area contributed by atoms with Gasteiger partial charge >= 0.3 is 0 Å². The topological polar surface area (TPSA) is 25.8 Å². The van der Waals surface area contributed by atoms with E-state index in [1.165, 1.54) is 11.3 Å². The molecule has 0 aromatic carbocycles. The highest BCUT2D eigenvalue weighted by Gasteiger charge is 2.27. The van der Waals surface area contributed by atoms with Gasteiger partial charge in [0.2, 0.25) is 0 Å². The number of aromatic nitrogens is 2. The highest BCUT2D eigenvalue weighted by molar-refractivity contribution is 7.17. The minimum absolute atomic E-state index is 0.152. The molecular weight excluding hydrogens is 259 g/mol. The molecule has 0 fully saturated rings. The molecule has 104 valence electrons. The highest BCUT2D eigenvalue weighted by atomic mass is 32.1. The molecule has 0 aliphatic heterocycles. The number of thiophene rings is 1. The van der Waals surface area contributed by atoms with Crippen LogP contribution in [-0.4, -0.2) is 10.2 Å². The van der Waals surface area contributed by atoms with Crippen LogP contribution in [0.15, 0.2) is 5.38 Å². The molecule has 0 aliphatic carbocycles. The molecule has 2 aromatic heterocycles. The van der Waals surface area contributed by atoms with Crippen LogP contribution in [0.25, 0.3) is 10.1 Å². The van der Waals surface area contributed by atoms with E-state index < -0.39 is 0 Å². The molecular formula is C15H21FN2S. The summed E-state index contributed by atoms with van der Waals surface area (Å²) in [6, 6.07) is 0. The van der Waals surface area contributed by atoms with Gasteiger partial charge in [0.25, 0.3) is 0 Å². The van der Waals surface area contributed by atoms with Crippen LogP contribution in [0.1, 0.15) is 64.8 Å². The zero-order chi connectivity index (χ0) is 14.2. The number of halogens is 1. The molecule has 2 nitrogen and oxygen atoms in total. The Balaban J connectivity index is 2.74. The van der Waals surface area contributed by atoms with Crippen molar-refractivity contribution in [2.24, 2.45) is 0 Å². The second-order valence-electron chi connectivity index (χ2n) is 5.77. The molecule has 1 unspecified atom stereocenters. The van der Waals surface area contributed by atoms with E-state index in [1.807, 2.05) is 0 Å². The predicted octanol–water partition coefficient (Wildman–Crippen LogP) is 5.03. The fourth-order valence-electron chi connectivity index (χ4n) is 2.10. The summed E-state index contributed by atoms with van der Waals surface area (Å²) in [7, 11) is 0. The second kappa shape index (κ2) is 5.16. The van der Waals surface area contributed by atoms with E-state index in [2.05, 4.69) is 44.8 Å². The second-order valence-corrected chi connectivity index (χ2v) is 6.65. The summed E-state index contributed by atoms with van der Waals surface area (Å²) in [4.78, 5) is 0. The van der Waals surface area contributed by atoms with Crippen LogP contribution in [0, 0.1) is 5.82 Å². The van der Waals surface area contributed by atoms with Gasteiger partial charge in [0.05, 0.1) is 21.5 Å². The Morgan fingerprint density at radius 2 is 2.00 bits per heavy atom. The highest BCUT2D eigenvalue weighted by Crippen LogP contribution is 2.38. The molecule has 0 saturated carbocycles. The van der Waals surface area contributed by atoms with Gasteiger partial charge in [0, 0.05) is 16.7 Å². The molecule has 0 saturated heterocycles. The lowest BCUT2D eigenvalue weighted by Gasteiger charge is -2.23. The molecule has 2 aromatic rings. The molecule has 0 aliphatic rings. The Hall–Kier alpha value is -1.03. The van der Waals surface area contributed by atoms with Gasteiger partial charge in [-0.05, 0) is 12.8 Å². The number of rotatable bonds is 4. The van der Waals surface area contributed by atoms with Gasteiger partial charge < -0.3 is 0 Å². The molecule has 0 N–H and O–H groups in total. The molecule has 0 spiro atoms. The summed E-state index contributed by atoms with van der Waals surface area (Å²) >= 11 is 1.45. The van der Waals surface area contributed by atoms with E-state index in [0.717, 1.165) is 28.9 Å². The standard InChI is InChI=1S/C15H21FN2S/c1-6-9(3)12-13-11(10(16)8-19-13)14(18-17-12)15(4,5)7-2/h8-9H,6-7H2,1-5H3. The lowest BCUT2D eigenvalue weighted by molar-refractivity contribution is 0.484. The number of fused-ring (bicyclic) bond motifs is 1. The molecule has 1 atom stereocenters. The third-order valence-electron chi connectivity index (χ3n) is 4.08. The maximum absolute atomic E-state index is 14.2. The van der Waals surface area contributed by atoms with Crippen molar-refractivity contribution in [2.45, 2.75) is 58.8 Å². The van der Waals surface area contributed by atoms with Gasteiger partial charge in [-0.2, -0.15) is 10.2 Å². The van der Waals surface area contributed by atoms with Gasteiger partial charge in [0.1, 0.15) is 5.82 Å². The summed E-state index contributed by atoms with van der Waals surface area (Å²) in [6.07, 6.45) is 1.90. The first-order chi connectivity index (χ1) is 8.92. The average Bonchev–Trinajstić information content (AvgIpc) is 2.79. The van der Waals surface area contributed by atoms with Gasteiger partial charge in [-0.25, -0.2) is 4.39 Å². The Kier molecular flexibility index (Phi) is 3.90. The largest absolute Gasteiger partial charge is 0.205 e. The number of nitrogens with zero attached hydrogens (tertiary/aromatic N) is 2. The predicted molar refractivity (Wildman–Crippen MR) is 79.4 cm³/mol. The maximum Gasteiger partial charge on any atom is 0.143 e. The van der Waals surface area contributed by atoms with Crippen LogP contribution in [-0.2, 0) is 5.41 Å². The van der Waals surface area contributed by atoms with Crippen LogP contribution < -0.4 is 0 Å². The minimum atomic E-state index is -0.157. The monoisotopic (exact) mass is 280 g/mol. The van der Waals surface area contributed by atoms with E-state index in [1.54, 1.807) is 5.38 Å². The fraction of sp³-hybridized carbons (Fsp3) is 0.600. The van der Waals surface area contributed by atoms with E-state index in [-0.39, 0.29) is 11.2 Å². The Morgan fingerprint density at radius 1 is 1.32 bits per heavy atom. The van der Waals surface area contributed by atoms with Crippen molar-refractivity contribution >= 4 is 21.4 Å². The van der Waals surface area contributed by atoms with Crippen LogP contribution in [0.4, 0.5) is 4.39 Å². The summed E-state index contributed by atoms with van der Waals surface area (Å²) in [5, 5.41) is 11.0. The van der Waals surface area contributed by atoms with E-state index in [0.29, 0.717) is 11.3 Å². The summed E-state index contributed by atoms with van der Waals surface area (Å²) in [5.41, 5.74) is 1.57. The van der Waals surface area contributed by atoms with Gasteiger partial charge in [0.15, 0.2) is 0 Å². The Morgan fingerprint density at radius 3 is 2.58 bits per heavy atom. The zero-order valence-corrected chi connectivity index (χ0v) is 13.1. The van der Waals surface area contributed by atoms with Crippen molar-refractivity contribution in [3.05, 3.63) is 22.6 Å². The number of hydrogen-bond donors (Lipinski definition) is 0. The fourth-order valence-corrected chi connectivity index (χ4v) is 3.12. The van der Waals surface area contributed by atoms with Crippen molar-refractivity contribution in [1.82, 2.24) is 10.2 Å². The molecule has 4 heteroatoms. The summed E-state index contributed by atoms with van der Waals surface area (Å²) in [6.45, 7) is 10.5. The van der Waals surface area contributed by atoms with Gasteiger partial charge in [-0.3, -0.25) is 0 Å². The minimum Gasteiger partial charge on any atom is -0.205 e. The Labute approximate surface area is 118 Å². The van der Waals surface area contributed by atoms with E-state index in [9.17, 15) is 4.39 Å². The first kappa shape index (κ1) is 14.4. The SMILES string of the molecule is CCC(C)c1nnc(C(C)(C)CC)c2c(F)csc12. The molecule has 2 heterocycles. The van der Waals surface area contributed by atoms with Crippen molar-refractivity contribution in [1.29, 1.82) is 0 Å². The van der Waals surface area contributed by atoms with Gasteiger partial charge in [-0.15, -0.1) is 11.3 Å². The quantitative estimate of drug-likeness (QED) is 0.784. The van der Waals surface area contributed by atoms with E-state index >= 15 is 0 Å². The molecule has 2 rings (SSSR count). The Bertz CT molecular complexity index is 589. The molecule has 0 radical (unpaired) electrons. The molecule has 19 heavy (non-hydrogen) atoms. The van der Waals surface area contributed by atoms with Crippen molar-refractivity contribution in [3.8, 4) is 0 Å². The normalized spacial score (nSPS) is 14.0. The van der Waals surface area contributed by atoms with E-state index in [4.69, 9.17) is 0 Å². The van der Waals surface area contributed by atoms with Crippen molar-refractivity contribution in [3.63, 3.8) is 0 Å². The van der Waals surface area contributed by atoms with Crippen molar-refractivity contribution in [2.75, 3.05) is 0 Å². The van der Waals surface area contributed by atoms with Crippen LogP contribution in [0.5, 0.6) is 0 Å². The maximum atomic E-state index is 14.2. The lowest BCUT2D eigenvalue weighted by atomic mass is 9.84. The van der Waals surface area contributed by atoms with Crippen LogP contribution in [0.2, 0.25) is 0 Å². The van der Waals surface area contributed by atoms with Crippen LogP contribution >= 0.6 is 11.3 Å². The summed E-state index contributed by atoms with van der Waals surface area (Å²) < 4.78 is 15.1. The smallest absolute Gasteiger partial charge is 0.143 e. The first-order valence-electron chi connectivity index (χ1n) is 6.86. The van der Waals surface area contributed by atoms with Gasteiger partial charge in [-0.1, -0.05) is 34.6 Å². The molecule has 0 amide bonds. The molecule has 0 bridgehead atoms.